The molecule has 2 aromatic heterocycles. The van der Waals surface area contributed by atoms with Crippen LogP contribution in [0.5, 0.6) is 0 Å². The van der Waals surface area contributed by atoms with Gasteiger partial charge in [-0.3, -0.25) is 4.79 Å². The largest absolute Gasteiger partial charge is 0.471 e. The summed E-state index contributed by atoms with van der Waals surface area (Å²) in [6, 6.07) is 13.3. The lowest BCUT2D eigenvalue weighted by Crippen LogP contribution is -2.43. The summed E-state index contributed by atoms with van der Waals surface area (Å²) in [5.41, 5.74) is 3.19. The summed E-state index contributed by atoms with van der Waals surface area (Å²) < 4.78 is 68.4. The van der Waals surface area contributed by atoms with Gasteiger partial charge in [-0.05, 0) is 47.6 Å². The van der Waals surface area contributed by atoms with Crippen molar-refractivity contribution in [3.05, 3.63) is 70.9 Å². The predicted octanol–water partition coefficient (Wildman–Crippen LogP) is 3.07. The molecule has 0 bridgehead atoms. The summed E-state index contributed by atoms with van der Waals surface area (Å²) in [7, 11) is 2.09. The fourth-order valence-corrected chi connectivity index (χ4v) is 5.92. The fraction of sp³-hybridized carbons (Fsp3) is 0.269. The molecule has 3 heterocycles. The van der Waals surface area contributed by atoms with Crippen molar-refractivity contribution in [1.29, 1.82) is 0 Å². The number of anilines is 1. The monoisotopic (exact) mass is 602 g/mol. The van der Waals surface area contributed by atoms with Gasteiger partial charge < -0.3 is 10.2 Å². The summed E-state index contributed by atoms with van der Waals surface area (Å²) in [4.78, 5) is 16.8. The number of amides is 1. The lowest BCUT2D eigenvalue weighted by molar-refractivity contribution is -0.186. The summed E-state index contributed by atoms with van der Waals surface area (Å²) in [6.45, 7) is 0.0486. The minimum absolute atomic E-state index is 0.0813. The zero-order valence-electron chi connectivity index (χ0n) is 21.4. The van der Waals surface area contributed by atoms with E-state index in [9.17, 15) is 26.4 Å². The van der Waals surface area contributed by atoms with Crippen molar-refractivity contribution >= 4 is 52.3 Å². The van der Waals surface area contributed by atoms with Crippen LogP contribution in [0.4, 0.5) is 19.0 Å². The van der Waals surface area contributed by atoms with Crippen LogP contribution in [-0.4, -0.2) is 67.5 Å². The summed E-state index contributed by atoms with van der Waals surface area (Å²) in [6.07, 6.45) is -2.91. The molecule has 0 spiro atoms. The molecule has 0 aliphatic carbocycles. The molecule has 0 fully saturated rings. The third kappa shape index (κ3) is 6.19. The number of carbonyl (C=O) groups excluding carboxylic acids is 1. The Labute approximate surface area is 240 Å². The Bertz CT molecular complexity index is 1730. The molecule has 2 aromatic carbocycles. The van der Waals surface area contributed by atoms with Crippen LogP contribution in [-0.2, 0) is 27.8 Å². The zero-order valence-corrected chi connectivity index (χ0v) is 23.0. The Hall–Kier alpha value is -3.62. The van der Waals surface area contributed by atoms with Crippen LogP contribution in [0.25, 0.3) is 16.9 Å². The van der Waals surface area contributed by atoms with Crippen molar-refractivity contribution in [2.45, 2.75) is 30.5 Å². The van der Waals surface area contributed by atoms with Crippen LogP contribution in [0.1, 0.15) is 17.5 Å². The predicted molar refractivity (Wildman–Crippen MR) is 149 cm³/mol. The number of hydrogen-bond donors (Lipinski definition) is 2. The van der Waals surface area contributed by atoms with Crippen molar-refractivity contribution in [1.82, 2.24) is 24.2 Å². The molecule has 2 N–H and O–H groups in total. The molecule has 5 rings (SSSR count). The normalized spacial score (nSPS) is 13.8. The second-order valence-electron chi connectivity index (χ2n) is 9.42. The first-order valence-corrected chi connectivity index (χ1v) is 14.4. The molecular weight excluding hydrogens is 580 g/mol. The maximum absolute atomic E-state index is 12.9. The Balaban J connectivity index is 1.23. The topological polar surface area (TPSA) is 109 Å². The van der Waals surface area contributed by atoms with Gasteiger partial charge in [0.15, 0.2) is 5.65 Å². The van der Waals surface area contributed by atoms with Crippen molar-refractivity contribution in [3.8, 4) is 11.3 Å². The molecule has 1 aliphatic rings. The quantitative estimate of drug-likeness (QED) is 0.237. The maximum Gasteiger partial charge on any atom is 0.471 e. The van der Waals surface area contributed by atoms with Crippen LogP contribution in [0.3, 0.4) is 0 Å². The van der Waals surface area contributed by atoms with Gasteiger partial charge in [0.25, 0.3) is 0 Å². The van der Waals surface area contributed by atoms with Gasteiger partial charge in [-0.2, -0.15) is 22.8 Å². The summed E-state index contributed by atoms with van der Waals surface area (Å²) in [5, 5.41) is 7.99. The van der Waals surface area contributed by atoms with E-state index in [1.54, 1.807) is 22.7 Å². The first-order chi connectivity index (χ1) is 19.4. The van der Waals surface area contributed by atoms with E-state index in [0.29, 0.717) is 62.2 Å². The highest BCUT2D eigenvalue weighted by Crippen LogP contribution is 2.29. The minimum atomic E-state index is -4.99. The molecule has 0 saturated heterocycles. The lowest BCUT2D eigenvalue weighted by Gasteiger charge is -2.29. The van der Waals surface area contributed by atoms with Gasteiger partial charge >= 0.3 is 12.1 Å². The highest BCUT2D eigenvalue weighted by molar-refractivity contribution is 7.89. The molecule has 1 aliphatic heterocycles. The second-order valence-corrected chi connectivity index (χ2v) is 11.6. The van der Waals surface area contributed by atoms with Crippen molar-refractivity contribution in [2.75, 3.05) is 25.0 Å². The van der Waals surface area contributed by atoms with Crippen LogP contribution in [0, 0.1) is 0 Å². The molecular formula is C26H23BClF3N6O3S. The number of sulfonamides is 1. The lowest BCUT2D eigenvalue weighted by atomic mass is 10.00. The van der Waals surface area contributed by atoms with Crippen LogP contribution in [0.15, 0.2) is 59.6 Å². The third-order valence-corrected chi connectivity index (χ3v) is 8.42. The van der Waals surface area contributed by atoms with E-state index in [0.717, 1.165) is 0 Å². The number of nitrogens with one attached hydrogen (secondary N) is 2. The van der Waals surface area contributed by atoms with Gasteiger partial charge in [0.2, 0.25) is 10.0 Å². The summed E-state index contributed by atoms with van der Waals surface area (Å²) >= 11 is 6.35. The highest BCUT2D eigenvalue weighted by Gasteiger charge is 2.43. The number of alkyl halides is 3. The number of fused-ring (bicyclic) bond motifs is 2. The smallest absolute Gasteiger partial charge is 0.370 e. The second kappa shape index (κ2) is 11.3. The first-order valence-electron chi connectivity index (χ1n) is 12.5. The molecule has 41 heavy (non-hydrogen) atoms. The van der Waals surface area contributed by atoms with E-state index in [1.807, 2.05) is 18.2 Å². The van der Waals surface area contributed by atoms with Crippen molar-refractivity contribution in [3.63, 3.8) is 0 Å². The molecule has 212 valence electrons. The molecule has 0 atom stereocenters. The third-order valence-electron chi connectivity index (χ3n) is 6.63. The van der Waals surface area contributed by atoms with E-state index in [4.69, 9.17) is 19.4 Å². The molecule has 1 amide bonds. The number of aromatic nitrogens is 3. The molecule has 9 nitrogen and oxygen atoms in total. The average molecular weight is 603 g/mol. The Morgan fingerprint density at radius 3 is 2.63 bits per heavy atom. The summed E-state index contributed by atoms with van der Waals surface area (Å²) in [5.74, 6) is -1.36. The van der Waals surface area contributed by atoms with Crippen molar-refractivity contribution < 1.29 is 26.4 Å². The SMILES string of the molecule is [B]c1cnn2c(NCCCNS(=O)(=O)c3ccc4c(c3)CN(C(=O)C(F)(F)F)CC4)cc(-c3ccccc3Cl)nc12. The average Bonchev–Trinajstić information content (AvgIpc) is 3.32. The minimum Gasteiger partial charge on any atom is -0.370 e. The maximum atomic E-state index is 12.9. The molecule has 0 unspecified atom stereocenters. The van der Waals surface area contributed by atoms with Gasteiger partial charge in [0.1, 0.15) is 13.7 Å². The van der Waals surface area contributed by atoms with Gasteiger partial charge in [0, 0.05) is 49.0 Å². The van der Waals surface area contributed by atoms with Crippen molar-refractivity contribution in [2.24, 2.45) is 0 Å². The number of hydrogen-bond acceptors (Lipinski definition) is 6. The molecule has 4 aromatic rings. The standard InChI is InChI=1S/C26H23BClF3N6O3S/c27-20-14-33-37-23(13-22(35-24(20)37)19-4-1-2-5-21(19)28)32-9-3-10-34-41(39,40)18-7-6-16-8-11-36(15-17(16)12-18)25(38)26(29,30)31/h1-2,4-7,12-14,32,34H,3,8-11,15H2. The van der Waals surface area contributed by atoms with Crippen LogP contribution < -0.4 is 15.5 Å². The number of rotatable bonds is 8. The Kier molecular flexibility index (Phi) is 7.99. The van der Waals surface area contributed by atoms with Gasteiger partial charge in [-0.25, -0.2) is 18.1 Å². The number of halogens is 4. The highest BCUT2D eigenvalue weighted by atomic mass is 35.5. The zero-order chi connectivity index (χ0) is 29.4. The van der Waals surface area contributed by atoms with E-state index < -0.39 is 22.1 Å². The van der Waals surface area contributed by atoms with Gasteiger partial charge in [0.05, 0.1) is 10.6 Å². The number of nitrogens with zero attached hydrogens (tertiary/aromatic N) is 4. The Morgan fingerprint density at radius 1 is 1.10 bits per heavy atom. The molecule has 15 heteroatoms. The van der Waals surface area contributed by atoms with Gasteiger partial charge in [-0.15, -0.1) is 0 Å². The van der Waals surface area contributed by atoms with Crippen LogP contribution >= 0.6 is 11.6 Å². The van der Waals surface area contributed by atoms with E-state index in [1.165, 1.54) is 18.3 Å². The van der Waals surface area contributed by atoms with Crippen LogP contribution in [0.2, 0.25) is 5.02 Å². The van der Waals surface area contributed by atoms with E-state index >= 15 is 0 Å². The fourth-order valence-electron chi connectivity index (χ4n) is 4.56. The molecule has 2 radical (unpaired) electrons. The van der Waals surface area contributed by atoms with E-state index in [-0.39, 0.29) is 31.0 Å². The number of benzene rings is 2. The first kappa shape index (κ1) is 28.9. The number of carbonyl (C=O) groups is 1. The van der Waals surface area contributed by atoms with Gasteiger partial charge in [-0.1, -0.05) is 35.9 Å². The Morgan fingerprint density at radius 2 is 1.88 bits per heavy atom. The van der Waals surface area contributed by atoms with E-state index in [2.05, 4.69) is 20.1 Å². The molecule has 0 saturated carbocycles.